The molecule has 4 aliphatic heterocycles. The van der Waals surface area contributed by atoms with Crippen LogP contribution < -0.4 is 14.9 Å². The molecule has 368 valence electrons. The maximum Gasteiger partial charge on any atom is 0.390 e. The average molecular weight is 994 g/mol. The molecule has 5 aromatic rings. The third-order valence-corrected chi connectivity index (χ3v) is 17.8. The molecule has 5 heterocycles. The van der Waals surface area contributed by atoms with Gasteiger partial charge in [-0.3, -0.25) is 23.7 Å². The van der Waals surface area contributed by atoms with Crippen LogP contribution in [-0.2, 0) is 47.1 Å². The Bertz CT molecular complexity index is 2720. The Hall–Kier alpha value is -5.51. The third kappa shape index (κ3) is 10.4. The van der Waals surface area contributed by atoms with E-state index in [4.69, 9.17) is 14.0 Å². The highest BCUT2D eigenvalue weighted by Gasteiger charge is 2.56. The van der Waals surface area contributed by atoms with Crippen molar-refractivity contribution in [3.63, 3.8) is 0 Å². The number of rotatable bonds is 17. The van der Waals surface area contributed by atoms with E-state index in [-0.39, 0.29) is 59.4 Å². The number of fused-ring (bicyclic) bond motifs is 3. The highest BCUT2D eigenvalue weighted by atomic mass is 32.1. The van der Waals surface area contributed by atoms with Crippen molar-refractivity contribution in [1.82, 2.24) is 25.1 Å². The molecule has 1 saturated carbocycles. The monoisotopic (exact) mass is 993 g/mol. The number of hydrogen-bond donors (Lipinski definition) is 2. The van der Waals surface area contributed by atoms with Crippen LogP contribution in [0.3, 0.4) is 0 Å². The summed E-state index contributed by atoms with van der Waals surface area (Å²) in [6.07, 6.45) is 4.22. The first-order chi connectivity index (χ1) is 33.9. The number of morpholine rings is 1. The van der Waals surface area contributed by atoms with E-state index >= 15 is 13.3 Å². The number of nitrogens with zero attached hydrogens (tertiary/aromatic N) is 3. The summed E-state index contributed by atoms with van der Waals surface area (Å²) in [7, 11) is -5.16. The van der Waals surface area contributed by atoms with Gasteiger partial charge in [0.25, 0.3) is 5.91 Å². The summed E-state index contributed by atoms with van der Waals surface area (Å²) in [6.45, 7) is 2.91. The van der Waals surface area contributed by atoms with E-state index in [2.05, 4.69) is 10.4 Å². The Balaban J connectivity index is 0.853. The van der Waals surface area contributed by atoms with Crippen LogP contribution in [-0.4, -0.2) is 108 Å². The van der Waals surface area contributed by atoms with Crippen LogP contribution in [0, 0.1) is 17.8 Å². The van der Waals surface area contributed by atoms with Gasteiger partial charge in [-0.25, -0.2) is 5.09 Å². The van der Waals surface area contributed by atoms with Crippen LogP contribution in [0.5, 0.6) is 5.75 Å². The number of amides is 4. The van der Waals surface area contributed by atoms with Gasteiger partial charge in [-0.2, -0.15) is 8.78 Å². The topological polar surface area (TPSA) is 147 Å². The highest BCUT2D eigenvalue weighted by molar-refractivity contribution is 7.58. The SMILES string of the molecule is O=C(N[C@H]1C[C@@H]2C[C@@H]2C[C@H]2CC[C@@H](C(=O)N3CC(C(=O)N4CCOCC4)C3)N2C1=O)c1cc2cc(C(F)(F)P(=O)(N[C@@H](CCc3ccccc3)COCc3ccccc3)Oc3ccccc3)ccc2s1. The molecule has 4 saturated heterocycles. The smallest absolute Gasteiger partial charge is 0.390 e. The molecule has 5 aliphatic rings. The van der Waals surface area contributed by atoms with Crippen molar-refractivity contribution in [2.75, 3.05) is 46.0 Å². The van der Waals surface area contributed by atoms with Crippen LogP contribution >= 0.6 is 18.9 Å². The molecule has 0 bridgehead atoms. The Kier molecular flexibility index (Phi) is 14.2. The summed E-state index contributed by atoms with van der Waals surface area (Å²) in [6, 6.07) is 30.0. The minimum Gasteiger partial charge on any atom is -0.429 e. The number of para-hydroxylation sites is 1. The van der Waals surface area contributed by atoms with E-state index in [0.29, 0.717) is 87.5 Å². The lowest BCUT2D eigenvalue weighted by Gasteiger charge is -2.44. The summed E-state index contributed by atoms with van der Waals surface area (Å²) in [5.41, 5.74) is -2.74. The first-order valence-corrected chi connectivity index (χ1v) is 26.8. The molecule has 0 spiro atoms. The van der Waals surface area contributed by atoms with Gasteiger partial charge in [-0.05, 0) is 104 Å². The number of ether oxygens (including phenoxy) is 2. The molecule has 1 aromatic heterocycles. The van der Waals surface area contributed by atoms with Gasteiger partial charge in [0.2, 0.25) is 17.7 Å². The zero-order valence-corrected chi connectivity index (χ0v) is 40.5. The molecular weight excluding hydrogens is 936 g/mol. The summed E-state index contributed by atoms with van der Waals surface area (Å²) < 4.78 is 67.5. The number of alkyl halides is 2. The first kappa shape index (κ1) is 48.1. The number of benzene rings is 4. The Morgan fingerprint density at radius 1 is 0.814 bits per heavy atom. The van der Waals surface area contributed by atoms with Gasteiger partial charge in [-0.15, -0.1) is 11.3 Å². The fourth-order valence-electron chi connectivity index (χ4n) is 10.5. The predicted octanol–water partition coefficient (Wildman–Crippen LogP) is 8.24. The van der Waals surface area contributed by atoms with Gasteiger partial charge in [0.15, 0.2) is 0 Å². The minimum absolute atomic E-state index is 0.00274. The largest absolute Gasteiger partial charge is 0.429 e. The zero-order valence-electron chi connectivity index (χ0n) is 38.8. The van der Waals surface area contributed by atoms with Crippen LogP contribution in [0.2, 0.25) is 0 Å². The van der Waals surface area contributed by atoms with Crippen molar-refractivity contribution >= 4 is 52.6 Å². The van der Waals surface area contributed by atoms with Crippen molar-refractivity contribution in [2.24, 2.45) is 17.8 Å². The Morgan fingerprint density at radius 3 is 2.23 bits per heavy atom. The average Bonchev–Trinajstić information content (AvgIpc) is 3.70. The summed E-state index contributed by atoms with van der Waals surface area (Å²) in [4.78, 5) is 61.2. The predicted molar refractivity (Wildman–Crippen MR) is 261 cm³/mol. The molecule has 70 heavy (non-hydrogen) atoms. The number of aryl methyl sites for hydroxylation is 1. The van der Waals surface area contributed by atoms with Crippen molar-refractivity contribution in [2.45, 2.75) is 81.4 Å². The van der Waals surface area contributed by atoms with Gasteiger partial charge in [0.1, 0.15) is 17.8 Å². The third-order valence-electron chi connectivity index (χ3n) is 14.5. The number of carbonyl (C=O) groups excluding carboxylic acids is 4. The van der Waals surface area contributed by atoms with Gasteiger partial charge >= 0.3 is 13.2 Å². The van der Waals surface area contributed by atoms with Crippen LogP contribution in [0.15, 0.2) is 115 Å². The van der Waals surface area contributed by atoms with Crippen LogP contribution in [0.25, 0.3) is 10.1 Å². The molecule has 0 radical (unpaired) electrons. The standard InChI is InChI=1S/C53H58F2N5O8PS/c54-53(55,69(65,68-44-14-8-3-9-15-44)57-42(18-16-35-10-4-1-5-11-35)34-67-33-36-12-6-2-7-13-36)41-17-21-47-39(27-41)30-48(70-47)49(61)56-45-29-38-26-37(38)28-43-19-20-46(60(43)51(45)63)52(64)59-31-40(32-59)50(62)58-22-24-66-25-23-58/h1-15,17,21,27,30,37-38,40,42-43,45-46H,16,18-20,22-26,28-29,31-34H2,(H,56,61)(H,57,65)/t37-,38+,42+,43-,45+,46+,69?/m1/s1. The second-order valence-corrected chi connectivity index (χ2v) is 22.5. The molecule has 4 amide bonds. The van der Waals surface area contributed by atoms with Crippen molar-refractivity contribution in [3.8, 4) is 5.75 Å². The maximum absolute atomic E-state index is 17.3. The molecule has 4 aromatic carbocycles. The minimum atomic E-state index is -5.16. The van der Waals surface area contributed by atoms with Gasteiger partial charge in [0, 0.05) is 48.5 Å². The summed E-state index contributed by atoms with van der Waals surface area (Å²) in [5.74, 6) is -0.543. The number of nitrogens with one attached hydrogen (secondary N) is 2. The number of halogens is 2. The summed E-state index contributed by atoms with van der Waals surface area (Å²) >= 11 is 1.11. The number of carbonyl (C=O) groups is 4. The van der Waals surface area contributed by atoms with E-state index in [1.807, 2.05) is 60.7 Å². The highest BCUT2D eigenvalue weighted by Crippen LogP contribution is 2.63. The van der Waals surface area contributed by atoms with E-state index in [9.17, 15) is 19.2 Å². The second kappa shape index (κ2) is 20.7. The van der Waals surface area contributed by atoms with Gasteiger partial charge < -0.3 is 34.0 Å². The van der Waals surface area contributed by atoms with Crippen molar-refractivity contribution in [1.29, 1.82) is 0 Å². The maximum atomic E-state index is 17.3. The fourth-order valence-corrected chi connectivity index (χ4v) is 13.4. The van der Waals surface area contributed by atoms with Crippen molar-refractivity contribution < 1.29 is 46.5 Å². The molecule has 5 fully saturated rings. The first-order valence-electron chi connectivity index (χ1n) is 24.4. The van der Waals surface area contributed by atoms with Crippen molar-refractivity contribution in [3.05, 3.63) is 137 Å². The van der Waals surface area contributed by atoms with E-state index in [1.165, 1.54) is 36.4 Å². The molecule has 2 N–H and O–H groups in total. The van der Waals surface area contributed by atoms with Gasteiger partial charge in [-0.1, -0.05) is 84.9 Å². The molecule has 10 rings (SSSR count). The zero-order chi connectivity index (χ0) is 48.4. The lowest BCUT2D eigenvalue weighted by Crippen LogP contribution is -2.62. The van der Waals surface area contributed by atoms with Gasteiger partial charge in [0.05, 0.1) is 37.2 Å². The molecule has 1 unspecified atom stereocenters. The van der Waals surface area contributed by atoms with Crippen LogP contribution in [0.4, 0.5) is 8.78 Å². The quantitative estimate of drug-likeness (QED) is 0.0880. The molecule has 7 atom stereocenters. The normalized spacial score (nSPS) is 23.8. The Morgan fingerprint density at radius 2 is 1.50 bits per heavy atom. The van der Waals surface area contributed by atoms with Crippen LogP contribution in [0.1, 0.15) is 64.9 Å². The molecular formula is C53H58F2N5O8PS. The fraction of sp³-hybridized carbons (Fsp3) is 0.434. The molecule has 17 heteroatoms. The molecule has 1 aliphatic carbocycles. The number of thiophene rings is 1. The summed E-state index contributed by atoms with van der Waals surface area (Å²) in [5, 5.41) is 6.11. The molecule has 13 nitrogen and oxygen atoms in total. The Labute approximate surface area is 410 Å². The number of likely N-dealkylation sites (tertiary alicyclic amines) is 1. The van der Waals surface area contributed by atoms with E-state index in [0.717, 1.165) is 35.3 Å². The second-order valence-electron chi connectivity index (χ2n) is 19.3. The van der Waals surface area contributed by atoms with E-state index < -0.39 is 42.8 Å². The lowest BCUT2D eigenvalue weighted by atomic mass is 9.96. The lowest BCUT2D eigenvalue weighted by molar-refractivity contribution is -0.156. The number of hydrogen-bond acceptors (Lipinski definition) is 9. The van der Waals surface area contributed by atoms with E-state index in [1.54, 1.807) is 32.9 Å².